The van der Waals surface area contributed by atoms with Crippen LogP contribution in [0.4, 0.5) is 10.5 Å². The summed E-state index contributed by atoms with van der Waals surface area (Å²) < 4.78 is 4.17. The maximum Gasteiger partial charge on any atom is 0.322 e. The number of benzene rings is 3. The van der Waals surface area contributed by atoms with Crippen LogP contribution < -0.4 is 5.32 Å². The zero-order valence-corrected chi connectivity index (χ0v) is 21.2. The van der Waals surface area contributed by atoms with Gasteiger partial charge < -0.3 is 14.8 Å². The summed E-state index contributed by atoms with van der Waals surface area (Å²) in [6.45, 7) is 6.54. The first-order chi connectivity index (χ1) is 18.0. The van der Waals surface area contributed by atoms with Crippen molar-refractivity contribution < 1.29 is 4.79 Å². The van der Waals surface area contributed by atoms with Gasteiger partial charge in [-0.3, -0.25) is 0 Å². The number of anilines is 1. The Labute approximate surface area is 216 Å². The number of aromatic nitrogens is 3. The standard InChI is InChI=1S/C31H29N5O/c1-21-12-10-17-27(22(21)2)32-31(37)35-20-26-23(3)33-36(25-15-8-5-9-16-25)30(26)34-19-11-18-28(34)29(35)24-13-6-4-7-14-24/h4-19,29H,20H2,1-3H3,(H,32,37)/t29-/m0/s1. The molecule has 0 radical (unpaired) electrons. The highest BCUT2D eigenvalue weighted by Gasteiger charge is 2.36. The Hall–Kier alpha value is -4.58. The maximum absolute atomic E-state index is 14.1. The number of hydrogen-bond donors (Lipinski definition) is 1. The molecule has 2 amide bonds. The fourth-order valence-corrected chi connectivity index (χ4v) is 5.21. The highest BCUT2D eigenvalue weighted by molar-refractivity contribution is 5.91. The summed E-state index contributed by atoms with van der Waals surface area (Å²) in [6.07, 6.45) is 2.07. The summed E-state index contributed by atoms with van der Waals surface area (Å²) in [5.41, 5.74) is 8.01. The Morgan fingerprint density at radius 1 is 0.865 bits per heavy atom. The number of nitrogens with one attached hydrogen (secondary N) is 1. The molecule has 0 saturated carbocycles. The number of fused-ring (bicyclic) bond motifs is 3. The maximum atomic E-state index is 14.1. The summed E-state index contributed by atoms with van der Waals surface area (Å²) in [7, 11) is 0. The third-order valence-corrected chi connectivity index (χ3v) is 7.31. The Bertz CT molecular complexity index is 1580. The number of para-hydroxylation sites is 1. The van der Waals surface area contributed by atoms with Crippen molar-refractivity contribution in [3.8, 4) is 11.5 Å². The second-order valence-corrected chi connectivity index (χ2v) is 9.56. The number of amides is 2. The van der Waals surface area contributed by atoms with Crippen LogP contribution in [-0.2, 0) is 6.54 Å². The molecule has 37 heavy (non-hydrogen) atoms. The van der Waals surface area contributed by atoms with Gasteiger partial charge in [0.05, 0.1) is 29.7 Å². The highest BCUT2D eigenvalue weighted by Crippen LogP contribution is 2.38. The van der Waals surface area contributed by atoms with E-state index in [4.69, 9.17) is 5.10 Å². The van der Waals surface area contributed by atoms with Crippen molar-refractivity contribution in [2.75, 3.05) is 5.32 Å². The third-order valence-electron chi connectivity index (χ3n) is 7.31. The molecule has 6 nitrogen and oxygen atoms in total. The van der Waals surface area contributed by atoms with Gasteiger partial charge in [-0.25, -0.2) is 9.48 Å². The van der Waals surface area contributed by atoms with Crippen molar-refractivity contribution in [3.05, 3.63) is 131 Å². The lowest BCUT2D eigenvalue weighted by Gasteiger charge is -2.31. The van der Waals surface area contributed by atoms with Crippen molar-refractivity contribution in [2.45, 2.75) is 33.4 Å². The molecule has 6 rings (SSSR count). The van der Waals surface area contributed by atoms with Gasteiger partial charge in [0.1, 0.15) is 5.82 Å². The van der Waals surface area contributed by atoms with E-state index in [1.165, 1.54) is 0 Å². The smallest absolute Gasteiger partial charge is 0.308 e. The Morgan fingerprint density at radius 3 is 2.35 bits per heavy atom. The molecular formula is C31H29N5O. The van der Waals surface area contributed by atoms with E-state index in [0.29, 0.717) is 6.54 Å². The predicted molar refractivity (Wildman–Crippen MR) is 146 cm³/mol. The first-order valence-corrected chi connectivity index (χ1v) is 12.5. The zero-order chi connectivity index (χ0) is 25.5. The fourth-order valence-electron chi connectivity index (χ4n) is 5.21. The largest absolute Gasteiger partial charge is 0.322 e. The van der Waals surface area contributed by atoms with Crippen LogP contribution in [0.1, 0.15) is 39.7 Å². The van der Waals surface area contributed by atoms with Crippen LogP contribution in [0.2, 0.25) is 0 Å². The first kappa shape index (κ1) is 22.9. The number of aryl methyl sites for hydroxylation is 2. The van der Waals surface area contributed by atoms with E-state index in [0.717, 1.165) is 50.8 Å². The average Bonchev–Trinajstić information content (AvgIpc) is 3.48. The molecule has 0 bridgehead atoms. The molecule has 6 heteroatoms. The molecule has 1 N–H and O–H groups in total. The van der Waals surface area contributed by atoms with Crippen LogP contribution >= 0.6 is 0 Å². The van der Waals surface area contributed by atoms with Crippen molar-refractivity contribution in [1.29, 1.82) is 0 Å². The number of rotatable bonds is 3. The van der Waals surface area contributed by atoms with Crippen molar-refractivity contribution in [2.24, 2.45) is 0 Å². The van der Waals surface area contributed by atoms with Gasteiger partial charge in [-0.05, 0) is 67.8 Å². The summed E-state index contributed by atoms with van der Waals surface area (Å²) >= 11 is 0. The quantitative estimate of drug-likeness (QED) is 0.307. The van der Waals surface area contributed by atoms with E-state index >= 15 is 0 Å². The molecule has 1 aliphatic rings. The fraction of sp³-hybridized carbons (Fsp3) is 0.161. The molecule has 3 aromatic carbocycles. The molecule has 0 saturated heterocycles. The van der Waals surface area contributed by atoms with Crippen molar-refractivity contribution >= 4 is 11.7 Å². The van der Waals surface area contributed by atoms with Crippen molar-refractivity contribution in [3.63, 3.8) is 0 Å². The van der Waals surface area contributed by atoms with Crippen molar-refractivity contribution in [1.82, 2.24) is 19.2 Å². The molecular weight excluding hydrogens is 458 g/mol. The van der Waals surface area contributed by atoms with Gasteiger partial charge in [0, 0.05) is 17.4 Å². The molecule has 2 aromatic heterocycles. The van der Waals surface area contributed by atoms with Gasteiger partial charge in [0.2, 0.25) is 0 Å². The Kier molecular flexibility index (Phi) is 5.64. The molecule has 0 unspecified atom stereocenters. The van der Waals surface area contributed by atoms with Crippen LogP contribution in [0.25, 0.3) is 11.5 Å². The summed E-state index contributed by atoms with van der Waals surface area (Å²) in [6, 6.07) is 30.1. The zero-order valence-electron chi connectivity index (χ0n) is 21.2. The molecule has 184 valence electrons. The predicted octanol–water partition coefficient (Wildman–Crippen LogP) is 6.73. The van der Waals surface area contributed by atoms with Gasteiger partial charge >= 0.3 is 6.03 Å². The second kappa shape index (κ2) is 9.13. The third kappa shape index (κ3) is 3.91. The molecule has 1 aliphatic heterocycles. The SMILES string of the molecule is Cc1cccc(NC(=O)N2Cc3c(C)nn(-c4ccccc4)c3-n3cccc3[C@@H]2c2ccccc2)c1C. The Morgan fingerprint density at radius 2 is 1.59 bits per heavy atom. The van der Waals surface area contributed by atoms with Crippen LogP contribution in [0.15, 0.2) is 97.2 Å². The van der Waals surface area contributed by atoms with Gasteiger partial charge in [-0.15, -0.1) is 0 Å². The topological polar surface area (TPSA) is 55.1 Å². The number of hydrogen-bond acceptors (Lipinski definition) is 2. The molecule has 0 aliphatic carbocycles. The normalized spacial score (nSPS) is 14.6. The highest BCUT2D eigenvalue weighted by atomic mass is 16.2. The lowest BCUT2D eigenvalue weighted by molar-refractivity contribution is 0.194. The van der Waals surface area contributed by atoms with Gasteiger partial charge in [-0.1, -0.05) is 60.7 Å². The van der Waals surface area contributed by atoms with Crippen LogP contribution in [0, 0.1) is 20.8 Å². The van der Waals surface area contributed by atoms with E-state index in [1.807, 2.05) is 78.0 Å². The van der Waals surface area contributed by atoms with E-state index in [2.05, 4.69) is 59.4 Å². The van der Waals surface area contributed by atoms with E-state index in [9.17, 15) is 4.79 Å². The van der Waals surface area contributed by atoms with Crippen LogP contribution in [0.5, 0.6) is 0 Å². The molecule has 5 aromatic rings. The minimum Gasteiger partial charge on any atom is -0.308 e. The monoisotopic (exact) mass is 487 g/mol. The van der Waals surface area contributed by atoms with E-state index in [1.54, 1.807) is 0 Å². The minimum atomic E-state index is -0.280. The molecule has 3 heterocycles. The molecule has 0 fully saturated rings. The Balaban J connectivity index is 1.53. The lowest BCUT2D eigenvalue weighted by atomic mass is 10.0. The number of urea groups is 1. The number of carbonyl (C=O) groups is 1. The lowest BCUT2D eigenvalue weighted by Crippen LogP contribution is -2.38. The second-order valence-electron chi connectivity index (χ2n) is 9.56. The molecule has 1 atom stereocenters. The summed E-state index contributed by atoms with van der Waals surface area (Å²) in [4.78, 5) is 16.0. The van der Waals surface area contributed by atoms with Gasteiger partial charge in [0.15, 0.2) is 0 Å². The van der Waals surface area contributed by atoms with E-state index in [-0.39, 0.29) is 12.1 Å². The number of nitrogens with zero attached hydrogens (tertiary/aromatic N) is 4. The summed E-state index contributed by atoms with van der Waals surface area (Å²) in [5.74, 6) is 0.965. The van der Waals surface area contributed by atoms with E-state index < -0.39 is 0 Å². The average molecular weight is 488 g/mol. The first-order valence-electron chi connectivity index (χ1n) is 12.5. The van der Waals surface area contributed by atoms with Crippen LogP contribution in [0.3, 0.4) is 0 Å². The van der Waals surface area contributed by atoms with Crippen LogP contribution in [-0.4, -0.2) is 25.3 Å². The number of carbonyl (C=O) groups excluding carboxylic acids is 1. The summed E-state index contributed by atoms with van der Waals surface area (Å²) in [5, 5.41) is 8.13. The van der Waals surface area contributed by atoms with Gasteiger partial charge in [0.25, 0.3) is 0 Å². The molecule has 0 spiro atoms. The van der Waals surface area contributed by atoms with Gasteiger partial charge in [-0.2, -0.15) is 5.10 Å². The minimum absolute atomic E-state index is 0.144.